The zero-order chi connectivity index (χ0) is 15.7. The second-order valence-corrected chi connectivity index (χ2v) is 7.55. The fourth-order valence-electron chi connectivity index (χ4n) is 2.66. The van der Waals surface area contributed by atoms with Gasteiger partial charge in [-0.3, -0.25) is 4.90 Å². The average Bonchev–Trinajstić information content (AvgIpc) is 2.24. The van der Waals surface area contributed by atoms with E-state index in [1.54, 1.807) is 20.8 Å². The Balaban J connectivity index is 3.07. The van der Waals surface area contributed by atoms with Crippen LogP contribution >= 0.6 is 0 Å². The molecule has 5 nitrogen and oxygen atoms in total. The monoisotopic (exact) mass is 285 g/mol. The molecule has 0 aromatic heterocycles. The predicted octanol–water partition coefficient (Wildman–Crippen LogP) is 3.28. The maximum absolute atomic E-state index is 12.4. The van der Waals surface area contributed by atoms with Crippen molar-refractivity contribution < 1.29 is 19.4 Å². The highest BCUT2D eigenvalue weighted by molar-refractivity contribution is 5.80. The predicted molar refractivity (Wildman–Crippen MR) is 76.6 cm³/mol. The van der Waals surface area contributed by atoms with Gasteiger partial charge in [-0.15, -0.1) is 0 Å². The third-order valence-corrected chi connectivity index (χ3v) is 3.52. The largest absolute Gasteiger partial charge is 0.480 e. The van der Waals surface area contributed by atoms with Crippen molar-refractivity contribution in [3.05, 3.63) is 0 Å². The highest BCUT2D eigenvalue weighted by Gasteiger charge is 2.44. The van der Waals surface area contributed by atoms with Gasteiger partial charge in [-0.1, -0.05) is 20.8 Å². The molecular formula is C15H27NO4. The second-order valence-electron chi connectivity index (χ2n) is 7.55. The number of amides is 1. The highest BCUT2D eigenvalue weighted by atomic mass is 16.6. The first-order chi connectivity index (χ1) is 8.93. The lowest BCUT2D eigenvalue weighted by atomic mass is 9.79. The van der Waals surface area contributed by atoms with E-state index in [2.05, 4.69) is 0 Å². The summed E-state index contributed by atoms with van der Waals surface area (Å²) in [7, 11) is 0. The maximum atomic E-state index is 12.4. The Morgan fingerprint density at radius 1 is 1.10 bits per heavy atom. The topological polar surface area (TPSA) is 66.8 Å². The lowest BCUT2D eigenvalue weighted by Gasteiger charge is -2.46. The third-order valence-electron chi connectivity index (χ3n) is 3.52. The van der Waals surface area contributed by atoms with E-state index < -0.39 is 23.7 Å². The Morgan fingerprint density at radius 2 is 1.65 bits per heavy atom. The van der Waals surface area contributed by atoms with Crippen molar-refractivity contribution in [3.63, 3.8) is 0 Å². The minimum atomic E-state index is -0.954. The van der Waals surface area contributed by atoms with Crippen LogP contribution < -0.4 is 0 Å². The smallest absolute Gasteiger partial charge is 0.411 e. The quantitative estimate of drug-likeness (QED) is 0.803. The maximum Gasteiger partial charge on any atom is 0.411 e. The minimum Gasteiger partial charge on any atom is -0.480 e. The van der Waals surface area contributed by atoms with Crippen LogP contribution in [0.3, 0.4) is 0 Å². The van der Waals surface area contributed by atoms with Crippen LogP contribution in [0.2, 0.25) is 0 Å². The number of hydrogen-bond donors (Lipinski definition) is 1. The SMILES string of the molecule is CC(C)(C)OC(=O)N1C(C(=O)O)CCCC1C(C)(C)C. The lowest BCUT2D eigenvalue weighted by molar-refractivity contribution is -0.147. The summed E-state index contributed by atoms with van der Waals surface area (Å²) in [4.78, 5) is 25.3. The average molecular weight is 285 g/mol. The molecule has 2 unspecified atom stereocenters. The molecule has 0 saturated carbocycles. The molecule has 1 heterocycles. The van der Waals surface area contributed by atoms with E-state index >= 15 is 0 Å². The van der Waals surface area contributed by atoms with Crippen molar-refractivity contribution in [2.75, 3.05) is 0 Å². The summed E-state index contributed by atoms with van der Waals surface area (Å²) < 4.78 is 5.41. The van der Waals surface area contributed by atoms with Crippen LogP contribution in [0, 0.1) is 5.41 Å². The Morgan fingerprint density at radius 3 is 2.05 bits per heavy atom. The Kier molecular flexibility index (Phi) is 4.72. The fourth-order valence-corrected chi connectivity index (χ4v) is 2.66. The van der Waals surface area contributed by atoms with Crippen LogP contribution in [0.1, 0.15) is 60.8 Å². The lowest BCUT2D eigenvalue weighted by Crippen LogP contribution is -2.58. The Hall–Kier alpha value is -1.26. The molecule has 1 fully saturated rings. The van der Waals surface area contributed by atoms with Crippen LogP contribution in [0.15, 0.2) is 0 Å². The number of carbonyl (C=O) groups excluding carboxylic acids is 1. The van der Waals surface area contributed by atoms with E-state index in [1.165, 1.54) is 4.90 Å². The van der Waals surface area contributed by atoms with E-state index in [1.807, 2.05) is 20.8 Å². The summed E-state index contributed by atoms with van der Waals surface area (Å²) in [6.45, 7) is 11.4. The second kappa shape index (κ2) is 5.62. The molecule has 2 atom stereocenters. The summed E-state index contributed by atoms with van der Waals surface area (Å²) in [6, 6.07) is -0.907. The number of carboxylic acid groups (broad SMARTS) is 1. The molecule has 1 N–H and O–H groups in total. The first-order valence-corrected chi connectivity index (χ1v) is 7.17. The van der Waals surface area contributed by atoms with E-state index in [0.717, 1.165) is 12.8 Å². The van der Waals surface area contributed by atoms with Crippen LogP contribution in [-0.2, 0) is 9.53 Å². The Labute approximate surface area is 121 Å². The number of rotatable bonds is 1. The normalized spacial score (nSPS) is 24.4. The van der Waals surface area contributed by atoms with Gasteiger partial charge in [0.05, 0.1) is 0 Å². The number of ether oxygens (including phenoxy) is 1. The Bertz CT molecular complexity index is 378. The molecule has 0 spiro atoms. The molecule has 1 amide bonds. The van der Waals surface area contributed by atoms with Gasteiger partial charge in [-0.05, 0) is 45.4 Å². The van der Waals surface area contributed by atoms with Crippen molar-refractivity contribution in [2.45, 2.75) is 78.5 Å². The molecule has 1 saturated heterocycles. The molecule has 0 radical (unpaired) electrons. The minimum absolute atomic E-state index is 0.118. The molecular weight excluding hydrogens is 258 g/mol. The van der Waals surface area contributed by atoms with Gasteiger partial charge in [0.2, 0.25) is 0 Å². The van der Waals surface area contributed by atoms with Gasteiger partial charge in [0.15, 0.2) is 0 Å². The van der Waals surface area contributed by atoms with Gasteiger partial charge < -0.3 is 9.84 Å². The van der Waals surface area contributed by atoms with Crippen LogP contribution in [0.25, 0.3) is 0 Å². The first-order valence-electron chi connectivity index (χ1n) is 7.17. The van der Waals surface area contributed by atoms with Crippen molar-refractivity contribution >= 4 is 12.1 Å². The highest BCUT2D eigenvalue weighted by Crippen LogP contribution is 2.35. The standard InChI is InChI=1S/C15H27NO4/c1-14(2,3)11-9-7-8-10(12(17)18)16(11)13(19)20-15(4,5)6/h10-11H,7-9H2,1-6H3,(H,17,18). The van der Waals surface area contributed by atoms with Crippen LogP contribution in [0.4, 0.5) is 4.79 Å². The molecule has 1 aliphatic rings. The molecule has 0 aromatic rings. The van der Waals surface area contributed by atoms with Gasteiger partial charge in [0.1, 0.15) is 11.6 Å². The molecule has 20 heavy (non-hydrogen) atoms. The van der Waals surface area contributed by atoms with Crippen LogP contribution in [0.5, 0.6) is 0 Å². The molecule has 5 heteroatoms. The first kappa shape index (κ1) is 16.8. The molecule has 116 valence electrons. The number of nitrogens with zero attached hydrogens (tertiary/aromatic N) is 1. The molecule has 1 aliphatic heterocycles. The summed E-state index contributed by atoms with van der Waals surface area (Å²) >= 11 is 0. The molecule has 0 bridgehead atoms. The van der Waals surface area contributed by atoms with Gasteiger partial charge in [0.25, 0.3) is 0 Å². The van der Waals surface area contributed by atoms with E-state index in [9.17, 15) is 14.7 Å². The van der Waals surface area contributed by atoms with Gasteiger partial charge in [-0.25, -0.2) is 9.59 Å². The van der Waals surface area contributed by atoms with E-state index in [-0.39, 0.29) is 11.5 Å². The van der Waals surface area contributed by atoms with Crippen molar-refractivity contribution in [1.29, 1.82) is 0 Å². The number of likely N-dealkylation sites (tertiary alicyclic amines) is 1. The zero-order valence-electron chi connectivity index (χ0n) is 13.4. The van der Waals surface area contributed by atoms with E-state index in [4.69, 9.17) is 4.74 Å². The summed E-state index contributed by atoms with van der Waals surface area (Å²) in [6.07, 6.45) is 1.59. The van der Waals surface area contributed by atoms with Crippen molar-refractivity contribution in [2.24, 2.45) is 5.41 Å². The van der Waals surface area contributed by atoms with Gasteiger partial charge >= 0.3 is 12.1 Å². The number of carboxylic acids is 1. The molecule has 0 aliphatic carbocycles. The van der Waals surface area contributed by atoms with Gasteiger partial charge in [0, 0.05) is 6.04 Å². The zero-order valence-corrected chi connectivity index (χ0v) is 13.4. The molecule has 1 rings (SSSR count). The van der Waals surface area contributed by atoms with Crippen molar-refractivity contribution in [3.8, 4) is 0 Å². The van der Waals surface area contributed by atoms with Crippen LogP contribution in [-0.4, -0.2) is 39.8 Å². The molecule has 0 aromatic carbocycles. The number of piperidine rings is 1. The number of hydrogen-bond acceptors (Lipinski definition) is 3. The number of carbonyl (C=O) groups is 2. The summed E-state index contributed by atoms with van der Waals surface area (Å²) in [5, 5.41) is 9.39. The van der Waals surface area contributed by atoms with Crippen molar-refractivity contribution in [1.82, 2.24) is 4.90 Å². The summed E-state index contributed by atoms with van der Waals surface area (Å²) in [5.74, 6) is -0.954. The summed E-state index contributed by atoms with van der Waals surface area (Å²) in [5.41, 5.74) is -0.801. The number of aliphatic carboxylic acids is 1. The van der Waals surface area contributed by atoms with Gasteiger partial charge in [-0.2, -0.15) is 0 Å². The fraction of sp³-hybridized carbons (Fsp3) is 0.867. The van der Waals surface area contributed by atoms with E-state index in [0.29, 0.717) is 6.42 Å². The third kappa shape index (κ3) is 4.12.